The molecule has 1 heterocycles. The van der Waals surface area contributed by atoms with E-state index < -0.39 is 0 Å². The van der Waals surface area contributed by atoms with E-state index >= 15 is 0 Å². The molecule has 2 rings (SSSR count). The van der Waals surface area contributed by atoms with E-state index in [-0.39, 0.29) is 11.7 Å². The van der Waals surface area contributed by atoms with Gasteiger partial charge in [0.05, 0.1) is 5.69 Å². The molecule has 2 N–H and O–H groups in total. The summed E-state index contributed by atoms with van der Waals surface area (Å²) in [5, 5.41) is 3.30. The van der Waals surface area contributed by atoms with Crippen LogP contribution in [0.3, 0.4) is 0 Å². The SMILES string of the molecule is CC(=O)c1ccc(C(=O)Nc2ccc(Cl)cc2)[nH]1. The van der Waals surface area contributed by atoms with Crippen molar-refractivity contribution in [2.75, 3.05) is 5.32 Å². The predicted octanol–water partition coefficient (Wildman–Crippen LogP) is 3.12. The van der Waals surface area contributed by atoms with Gasteiger partial charge in [0.2, 0.25) is 0 Å². The number of Topliss-reactive ketones (excluding diaryl/α,β-unsaturated/α-hetero) is 1. The van der Waals surface area contributed by atoms with E-state index in [4.69, 9.17) is 11.6 Å². The smallest absolute Gasteiger partial charge is 0.272 e. The molecule has 0 saturated carbocycles. The minimum atomic E-state index is -0.301. The zero-order chi connectivity index (χ0) is 13.1. The van der Waals surface area contributed by atoms with Crippen LogP contribution in [0, 0.1) is 0 Å². The highest BCUT2D eigenvalue weighted by molar-refractivity contribution is 6.30. The molecular weight excluding hydrogens is 252 g/mol. The van der Waals surface area contributed by atoms with E-state index in [9.17, 15) is 9.59 Å². The molecule has 0 aliphatic carbocycles. The van der Waals surface area contributed by atoms with E-state index in [1.165, 1.54) is 6.92 Å². The number of amides is 1. The molecule has 0 aliphatic heterocycles. The van der Waals surface area contributed by atoms with Gasteiger partial charge in [-0.25, -0.2) is 0 Å². The molecular formula is C13H11ClN2O2. The average molecular weight is 263 g/mol. The molecule has 18 heavy (non-hydrogen) atoms. The topological polar surface area (TPSA) is 62.0 Å². The van der Waals surface area contributed by atoms with Gasteiger partial charge in [0.15, 0.2) is 5.78 Å². The molecule has 0 unspecified atom stereocenters. The van der Waals surface area contributed by atoms with E-state index in [1.807, 2.05) is 0 Å². The molecule has 0 aliphatic rings. The number of hydrogen-bond donors (Lipinski definition) is 2. The highest BCUT2D eigenvalue weighted by Crippen LogP contribution is 2.14. The highest BCUT2D eigenvalue weighted by atomic mass is 35.5. The lowest BCUT2D eigenvalue weighted by Gasteiger charge is -2.03. The number of aromatic amines is 1. The Morgan fingerprint density at radius 2 is 1.67 bits per heavy atom. The minimum Gasteiger partial charge on any atom is -0.348 e. The Bertz CT molecular complexity index is 587. The maximum atomic E-state index is 11.8. The van der Waals surface area contributed by atoms with Crippen molar-refractivity contribution >= 4 is 29.0 Å². The molecule has 0 radical (unpaired) electrons. The van der Waals surface area contributed by atoms with Gasteiger partial charge in [0.1, 0.15) is 5.69 Å². The molecule has 1 aromatic carbocycles. The predicted molar refractivity (Wildman–Crippen MR) is 70.2 cm³/mol. The van der Waals surface area contributed by atoms with Gasteiger partial charge in [-0.3, -0.25) is 9.59 Å². The van der Waals surface area contributed by atoms with Crippen LogP contribution in [0.2, 0.25) is 5.02 Å². The quantitative estimate of drug-likeness (QED) is 0.835. The summed E-state index contributed by atoms with van der Waals surface area (Å²) < 4.78 is 0. The van der Waals surface area contributed by atoms with Gasteiger partial charge >= 0.3 is 0 Å². The Hall–Kier alpha value is -2.07. The van der Waals surface area contributed by atoms with E-state index in [1.54, 1.807) is 36.4 Å². The summed E-state index contributed by atoms with van der Waals surface area (Å²) in [7, 11) is 0. The summed E-state index contributed by atoms with van der Waals surface area (Å²) in [6, 6.07) is 9.94. The Kier molecular flexibility index (Phi) is 3.48. The van der Waals surface area contributed by atoms with Crippen LogP contribution in [0.4, 0.5) is 5.69 Å². The average Bonchev–Trinajstić information content (AvgIpc) is 2.81. The van der Waals surface area contributed by atoms with Crippen molar-refractivity contribution < 1.29 is 9.59 Å². The summed E-state index contributed by atoms with van der Waals surface area (Å²) in [6.07, 6.45) is 0. The second-order valence-electron chi connectivity index (χ2n) is 3.80. The number of H-pyrrole nitrogens is 1. The summed E-state index contributed by atoms with van der Waals surface area (Å²) in [4.78, 5) is 25.7. The van der Waals surface area contributed by atoms with Crippen LogP contribution in [0.1, 0.15) is 27.9 Å². The van der Waals surface area contributed by atoms with Crippen LogP contribution in [-0.4, -0.2) is 16.7 Å². The first-order chi connectivity index (χ1) is 8.56. The summed E-state index contributed by atoms with van der Waals surface area (Å²) in [5.74, 6) is -0.412. The van der Waals surface area contributed by atoms with E-state index in [0.29, 0.717) is 22.1 Å². The van der Waals surface area contributed by atoms with Gasteiger partial charge in [0, 0.05) is 17.6 Å². The Morgan fingerprint density at radius 1 is 1.06 bits per heavy atom. The molecule has 0 saturated heterocycles. The Morgan fingerprint density at radius 3 is 2.22 bits per heavy atom. The third kappa shape index (κ3) is 2.78. The minimum absolute atomic E-state index is 0.111. The fourth-order valence-electron chi connectivity index (χ4n) is 1.46. The summed E-state index contributed by atoms with van der Waals surface area (Å²) in [6.45, 7) is 1.44. The maximum Gasteiger partial charge on any atom is 0.272 e. The third-order valence-electron chi connectivity index (χ3n) is 2.41. The largest absolute Gasteiger partial charge is 0.348 e. The number of halogens is 1. The number of ketones is 1. The number of carbonyl (C=O) groups is 2. The third-order valence-corrected chi connectivity index (χ3v) is 2.66. The van der Waals surface area contributed by atoms with Crippen LogP contribution in [-0.2, 0) is 0 Å². The molecule has 2 aromatic rings. The molecule has 0 spiro atoms. The van der Waals surface area contributed by atoms with Gasteiger partial charge in [-0.05, 0) is 36.4 Å². The Labute approximate surface area is 109 Å². The first-order valence-electron chi connectivity index (χ1n) is 5.33. The number of hydrogen-bond acceptors (Lipinski definition) is 2. The van der Waals surface area contributed by atoms with Gasteiger partial charge in [-0.2, -0.15) is 0 Å². The Balaban J connectivity index is 2.11. The van der Waals surface area contributed by atoms with Gasteiger partial charge in [-0.1, -0.05) is 11.6 Å². The van der Waals surface area contributed by atoms with Crippen LogP contribution in [0.5, 0.6) is 0 Å². The fourth-order valence-corrected chi connectivity index (χ4v) is 1.59. The monoisotopic (exact) mass is 262 g/mol. The second kappa shape index (κ2) is 5.06. The van der Waals surface area contributed by atoms with Crippen molar-refractivity contribution in [2.45, 2.75) is 6.92 Å². The molecule has 5 heteroatoms. The van der Waals surface area contributed by atoms with Crippen LogP contribution in [0.15, 0.2) is 36.4 Å². The van der Waals surface area contributed by atoms with Crippen LogP contribution in [0.25, 0.3) is 0 Å². The number of nitrogens with one attached hydrogen (secondary N) is 2. The molecule has 0 bridgehead atoms. The first-order valence-corrected chi connectivity index (χ1v) is 5.71. The number of aromatic nitrogens is 1. The lowest BCUT2D eigenvalue weighted by molar-refractivity contribution is 0.101. The molecule has 1 aromatic heterocycles. The normalized spacial score (nSPS) is 10.1. The summed E-state index contributed by atoms with van der Waals surface area (Å²) >= 11 is 5.75. The van der Waals surface area contributed by atoms with Crippen molar-refractivity contribution in [3.8, 4) is 0 Å². The second-order valence-corrected chi connectivity index (χ2v) is 4.24. The van der Waals surface area contributed by atoms with Gasteiger partial charge < -0.3 is 10.3 Å². The fraction of sp³-hybridized carbons (Fsp3) is 0.0769. The zero-order valence-corrected chi connectivity index (χ0v) is 10.4. The molecule has 92 valence electrons. The van der Waals surface area contributed by atoms with Crippen molar-refractivity contribution in [2.24, 2.45) is 0 Å². The first kappa shape index (κ1) is 12.4. The highest BCUT2D eigenvalue weighted by Gasteiger charge is 2.10. The van der Waals surface area contributed by atoms with Crippen molar-refractivity contribution in [3.05, 3.63) is 52.8 Å². The van der Waals surface area contributed by atoms with E-state index in [0.717, 1.165) is 0 Å². The number of benzene rings is 1. The van der Waals surface area contributed by atoms with Crippen molar-refractivity contribution in [1.29, 1.82) is 0 Å². The molecule has 0 atom stereocenters. The number of rotatable bonds is 3. The lowest BCUT2D eigenvalue weighted by Crippen LogP contribution is -2.12. The lowest BCUT2D eigenvalue weighted by atomic mass is 10.3. The maximum absolute atomic E-state index is 11.8. The van der Waals surface area contributed by atoms with Crippen LogP contribution < -0.4 is 5.32 Å². The molecule has 1 amide bonds. The van der Waals surface area contributed by atoms with Gasteiger partial charge in [-0.15, -0.1) is 0 Å². The summed E-state index contributed by atoms with van der Waals surface area (Å²) in [5.41, 5.74) is 1.40. The molecule has 4 nitrogen and oxygen atoms in total. The standard InChI is InChI=1S/C13H11ClN2O2/c1-8(17)11-6-7-12(16-11)13(18)15-10-4-2-9(14)3-5-10/h2-7,16H,1H3,(H,15,18). The molecule has 0 fully saturated rings. The van der Waals surface area contributed by atoms with Crippen molar-refractivity contribution in [1.82, 2.24) is 4.98 Å². The van der Waals surface area contributed by atoms with Gasteiger partial charge in [0.25, 0.3) is 5.91 Å². The zero-order valence-electron chi connectivity index (χ0n) is 9.66. The van der Waals surface area contributed by atoms with E-state index in [2.05, 4.69) is 10.3 Å². The van der Waals surface area contributed by atoms with Crippen LogP contribution >= 0.6 is 11.6 Å². The number of anilines is 1. The number of carbonyl (C=O) groups excluding carboxylic acids is 2. The van der Waals surface area contributed by atoms with Crippen molar-refractivity contribution in [3.63, 3.8) is 0 Å².